The number of ether oxygens (including phenoxy) is 1. The highest BCUT2D eigenvalue weighted by Gasteiger charge is 2.38. The number of likely N-dealkylation sites (tertiary alicyclic amines) is 1. The van der Waals surface area contributed by atoms with Gasteiger partial charge in [-0.1, -0.05) is 36.4 Å². The van der Waals surface area contributed by atoms with Gasteiger partial charge >= 0.3 is 5.97 Å². The summed E-state index contributed by atoms with van der Waals surface area (Å²) in [5.41, 5.74) is 2.00. The molecule has 2 aromatic carbocycles. The van der Waals surface area contributed by atoms with Crippen molar-refractivity contribution >= 4 is 35.1 Å². The van der Waals surface area contributed by atoms with Crippen LogP contribution in [0.3, 0.4) is 0 Å². The molecule has 2 aromatic rings. The molecule has 0 aromatic heterocycles. The van der Waals surface area contributed by atoms with Crippen LogP contribution in [-0.2, 0) is 23.9 Å². The van der Waals surface area contributed by atoms with E-state index in [-0.39, 0.29) is 30.8 Å². The van der Waals surface area contributed by atoms with E-state index >= 15 is 0 Å². The van der Waals surface area contributed by atoms with Crippen molar-refractivity contribution in [3.63, 3.8) is 0 Å². The standard InChI is InChI=1S/C23H25N3O5/c1-15(17-7-4-3-5-8-17)26-13-18(11-22(26)29)23(30)31-14-21(28)25-20-10-6-9-19(12-20)24-16(2)27/h3-10,12,15,18H,11,13-14H2,1-2H3,(H,24,27)(H,25,28)/t15-,18+/m1/s1. The van der Waals surface area contributed by atoms with Gasteiger partial charge in [-0.15, -0.1) is 0 Å². The van der Waals surface area contributed by atoms with Gasteiger partial charge in [0.2, 0.25) is 11.8 Å². The normalized spacial score (nSPS) is 16.5. The van der Waals surface area contributed by atoms with Crippen molar-refractivity contribution in [3.05, 3.63) is 60.2 Å². The lowest BCUT2D eigenvalue weighted by atomic mass is 10.1. The second kappa shape index (κ2) is 9.88. The van der Waals surface area contributed by atoms with Gasteiger partial charge in [0, 0.05) is 31.3 Å². The molecule has 1 aliphatic rings. The van der Waals surface area contributed by atoms with Crippen LogP contribution >= 0.6 is 0 Å². The van der Waals surface area contributed by atoms with Gasteiger partial charge in [-0.3, -0.25) is 19.2 Å². The topological polar surface area (TPSA) is 105 Å². The summed E-state index contributed by atoms with van der Waals surface area (Å²) in [6, 6.07) is 16.1. The molecule has 1 aliphatic heterocycles. The van der Waals surface area contributed by atoms with E-state index in [1.54, 1.807) is 29.2 Å². The average Bonchev–Trinajstić information content (AvgIpc) is 3.13. The summed E-state index contributed by atoms with van der Waals surface area (Å²) >= 11 is 0. The van der Waals surface area contributed by atoms with Crippen molar-refractivity contribution in [1.29, 1.82) is 0 Å². The number of rotatable bonds is 7. The zero-order chi connectivity index (χ0) is 22.4. The van der Waals surface area contributed by atoms with Gasteiger partial charge in [-0.2, -0.15) is 0 Å². The van der Waals surface area contributed by atoms with E-state index in [1.807, 2.05) is 37.3 Å². The van der Waals surface area contributed by atoms with Crippen molar-refractivity contribution in [2.45, 2.75) is 26.3 Å². The van der Waals surface area contributed by atoms with Crippen LogP contribution in [0.15, 0.2) is 54.6 Å². The van der Waals surface area contributed by atoms with Crippen molar-refractivity contribution in [2.24, 2.45) is 5.92 Å². The molecule has 0 bridgehead atoms. The molecular weight excluding hydrogens is 398 g/mol. The third-order valence-electron chi connectivity index (χ3n) is 5.05. The largest absolute Gasteiger partial charge is 0.455 e. The number of hydrogen-bond acceptors (Lipinski definition) is 5. The molecule has 0 unspecified atom stereocenters. The highest BCUT2D eigenvalue weighted by Crippen LogP contribution is 2.29. The van der Waals surface area contributed by atoms with Crippen molar-refractivity contribution in [3.8, 4) is 0 Å². The van der Waals surface area contributed by atoms with Crippen LogP contribution < -0.4 is 10.6 Å². The Morgan fingerprint density at radius 2 is 1.74 bits per heavy atom. The van der Waals surface area contributed by atoms with Crippen LogP contribution in [0.25, 0.3) is 0 Å². The Labute approximate surface area is 180 Å². The second-order valence-electron chi connectivity index (χ2n) is 7.45. The van der Waals surface area contributed by atoms with E-state index in [0.717, 1.165) is 5.56 Å². The van der Waals surface area contributed by atoms with E-state index < -0.39 is 24.4 Å². The van der Waals surface area contributed by atoms with Crippen molar-refractivity contribution in [1.82, 2.24) is 4.90 Å². The van der Waals surface area contributed by atoms with Gasteiger partial charge in [0.15, 0.2) is 6.61 Å². The predicted octanol–water partition coefficient (Wildman–Crippen LogP) is 2.74. The molecule has 2 N–H and O–H groups in total. The molecule has 3 rings (SSSR count). The van der Waals surface area contributed by atoms with E-state index in [2.05, 4.69) is 10.6 Å². The maximum Gasteiger partial charge on any atom is 0.311 e. The lowest BCUT2D eigenvalue weighted by Gasteiger charge is -2.25. The lowest BCUT2D eigenvalue weighted by molar-refractivity contribution is -0.151. The second-order valence-corrected chi connectivity index (χ2v) is 7.45. The van der Waals surface area contributed by atoms with Crippen LogP contribution in [0.1, 0.15) is 31.9 Å². The highest BCUT2D eigenvalue weighted by atomic mass is 16.5. The summed E-state index contributed by atoms with van der Waals surface area (Å²) < 4.78 is 5.14. The first kappa shape index (κ1) is 22.0. The maximum absolute atomic E-state index is 12.4. The number of amides is 3. The Hall–Kier alpha value is -3.68. The molecular formula is C23H25N3O5. The van der Waals surface area contributed by atoms with Crippen LogP contribution in [0.4, 0.5) is 11.4 Å². The monoisotopic (exact) mass is 423 g/mol. The fraction of sp³-hybridized carbons (Fsp3) is 0.304. The zero-order valence-electron chi connectivity index (χ0n) is 17.5. The minimum absolute atomic E-state index is 0.0659. The summed E-state index contributed by atoms with van der Waals surface area (Å²) in [6.07, 6.45) is 0.0659. The number of carbonyl (C=O) groups is 4. The molecule has 1 heterocycles. The summed E-state index contributed by atoms with van der Waals surface area (Å²) in [5.74, 6) is -2.02. The fourth-order valence-corrected chi connectivity index (χ4v) is 3.50. The Morgan fingerprint density at radius 1 is 1.06 bits per heavy atom. The van der Waals surface area contributed by atoms with E-state index in [1.165, 1.54) is 6.92 Å². The molecule has 1 fully saturated rings. The quantitative estimate of drug-likeness (QED) is 0.667. The number of nitrogens with zero attached hydrogens (tertiary/aromatic N) is 1. The Bertz CT molecular complexity index is 976. The van der Waals surface area contributed by atoms with Crippen molar-refractivity contribution in [2.75, 3.05) is 23.8 Å². The van der Waals surface area contributed by atoms with Crippen molar-refractivity contribution < 1.29 is 23.9 Å². The molecule has 8 nitrogen and oxygen atoms in total. The van der Waals surface area contributed by atoms with Gasteiger partial charge in [0.25, 0.3) is 5.91 Å². The highest BCUT2D eigenvalue weighted by molar-refractivity contribution is 5.95. The van der Waals surface area contributed by atoms with E-state index in [0.29, 0.717) is 11.4 Å². The molecule has 162 valence electrons. The number of hydrogen-bond donors (Lipinski definition) is 2. The molecule has 2 atom stereocenters. The number of carbonyl (C=O) groups excluding carboxylic acids is 4. The maximum atomic E-state index is 12.4. The first-order valence-electron chi connectivity index (χ1n) is 10.0. The predicted molar refractivity (Wildman–Crippen MR) is 115 cm³/mol. The number of benzene rings is 2. The molecule has 8 heteroatoms. The smallest absolute Gasteiger partial charge is 0.311 e. The minimum atomic E-state index is -0.602. The molecule has 1 saturated heterocycles. The van der Waals surface area contributed by atoms with Gasteiger partial charge in [0.1, 0.15) is 0 Å². The summed E-state index contributed by atoms with van der Waals surface area (Å²) in [6.45, 7) is 3.11. The summed E-state index contributed by atoms with van der Waals surface area (Å²) in [5, 5.41) is 5.24. The third-order valence-corrected chi connectivity index (χ3v) is 5.05. The Balaban J connectivity index is 1.50. The zero-order valence-corrected chi connectivity index (χ0v) is 17.5. The first-order valence-corrected chi connectivity index (χ1v) is 10.0. The van der Waals surface area contributed by atoms with E-state index in [4.69, 9.17) is 4.74 Å². The molecule has 0 radical (unpaired) electrons. The van der Waals surface area contributed by atoms with Gasteiger partial charge < -0.3 is 20.3 Å². The average molecular weight is 423 g/mol. The van der Waals surface area contributed by atoms with Crippen LogP contribution in [0.5, 0.6) is 0 Å². The molecule has 0 spiro atoms. The molecule has 0 aliphatic carbocycles. The van der Waals surface area contributed by atoms with Gasteiger partial charge in [-0.05, 0) is 30.7 Å². The van der Waals surface area contributed by atoms with Crippen LogP contribution in [-0.4, -0.2) is 41.7 Å². The van der Waals surface area contributed by atoms with Crippen LogP contribution in [0.2, 0.25) is 0 Å². The number of anilines is 2. The van der Waals surface area contributed by atoms with Gasteiger partial charge in [0.05, 0.1) is 12.0 Å². The van der Waals surface area contributed by atoms with Crippen LogP contribution in [0, 0.1) is 5.92 Å². The summed E-state index contributed by atoms with van der Waals surface area (Å²) in [7, 11) is 0. The van der Waals surface area contributed by atoms with E-state index in [9.17, 15) is 19.2 Å². The first-order chi connectivity index (χ1) is 14.8. The molecule has 3 amide bonds. The number of nitrogens with one attached hydrogen (secondary N) is 2. The number of esters is 1. The molecule has 31 heavy (non-hydrogen) atoms. The Kier molecular flexibility index (Phi) is 7.02. The van der Waals surface area contributed by atoms with Gasteiger partial charge in [-0.25, -0.2) is 0 Å². The lowest BCUT2D eigenvalue weighted by Crippen LogP contribution is -2.30. The Morgan fingerprint density at radius 3 is 2.42 bits per heavy atom. The minimum Gasteiger partial charge on any atom is -0.455 e. The third kappa shape index (κ3) is 5.91. The SMILES string of the molecule is CC(=O)Nc1cccc(NC(=O)COC(=O)[C@H]2CC(=O)N([C@H](C)c3ccccc3)C2)c1. The molecule has 0 saturated carbocycles. The fourth-order valence-electron chi connectivity index (χ4n) is 3.50. The summed E-state index contributed by atoms with van der Waals surface area (Å²) in [4.78, 5) is 49.7.